The van der Waals surface area contributed by atoms with Crippen LogP contribution < -0.4 is 15.2 Å². The Kier molecular flexibility index (Phi) is 26.4. The Hall–Kier alpha value is -4.41. The number of halogens is 1. The van der Waals surface area contributed by atoms with Crippen molar-refractivity contribution >= 4 is 181 Å². The Labute approximate surface area is 548 Å². The highest BCUT2D eigenvalue weighted by molar-refractivity contribution is 8.75. The van der Waals surface area contributed by atoms with Gasteiger partial charge in [0.25, 0.3) is 0 Å². The molecular formula is C55H72ClN13O4S13. The van der Waals surface area contributed by atoms with E-state index < -0.39 is 0 Å². The molecule has 0 fully saturated rings. The zero-order valence-corrected chi connectivity index (χ0v) is 60.8. The van der Waals surface area contributed by atoms with E-state index in [4.69, 9.17) is 73.3 Å². The molecule has 8 heterocycles. The third-order valence-electron chi connectivity index (χ3n) is 13.1. The summed E-state index contributed by atoms with van der Waals surface area (Å²) in [6.07, 6.45) is 0.674. The molecular weight excluding hydrogens is 1360 g/mol. The monoisotopic (exact) mass is 1430 g/mol. The van der Waals surface area contributed by atoms with Crippen molar-refractivity contribution in [3.8, 4) is 33.8 Å². The van der Waals surface area contributed by atoms with E-state index in [0.717, 1.165) is 129 Å². The largest absolute Gasteiger partial charge is 0.496 e. The predicted octanol–water partition coefficient (Wildman–Crippen LogP) is 12.8. The number of ether oxygens (including phenoxy) is 2. The number of nitrogens with two attached hydrogens (primary N) is 1. The Bertz CT molecular complexity index is 4600. The van der Waals surface area contributed by atoms with E-state index in [1.807, 2.05) is 84.1 Å². The third kappa shape index (κ3) is 16.7. The summed E-state index contributed by atoms with van der Waals surface area (Å²) in [7, 11) is 25.4. The van der Waals surface area contributed by atoms with Gasteiger partial charge in [0.05, 0.1) is 70.6 Å². The number of H-pyrrole nitrogens is 2. The summed E-state index contributed by atoms with van der Waals surface area (Å²) in [5.41, 5.74) is 22.0. The van der Waals surface area contributed by atoms with Gasteiger partial charge in [-0.15, -0.1) is 0 Å². The van der Waals surface area contributed by atoms with Gasteiger partial charge in [-0.1, -0.05) is 78.3 Å². The van der Waals surface area contributed by atoms with Gasteiger partial charge in [0.2, 0.25) is 0 Å². The molecule has 4 N–H and O–H groups in total. The van der Waals surface area contributed by atoms with Crippen LogP contribution in [-0.4, -0.2) is 74.0 Å². The molecule has 0 saturated heterocycles. The number of hydrogen-bond acceptors (Lipinski definition) is 15. The molecule has 0 saturated carbocycles. The van der Waals surface area contributed by atoms with Gasteiger partial charge in [-0.05, 0) is 79.7 Å². The fourth-order valence-electron chi connectivity index (χ4n) is 10.2. The summed E-state index contributed by atoms with van der Waals surface area (Å²) in [5.74, 6) is 4.33. The molecule has 10 rings (SSSR count). The molecule has 17 nitrogen and oxygen atoms in total. The number of methoxy groups -OCH3 is 2. The lowest BCUT2D eigenvalue weighted by Crippen LogP contribution is -2.19. The number of benzene rings is 2. The fourth-order valence-corrected chi connectivity index (χ4v) is 35.2. The standard InChI is InChI=1S/C27H32N6O2.C17H15ClN4O2.C9H17N3.2CH4.S13/c1-13-17(25(27(5,6)7)33(8)31-13)10-21-24-18-12-22(34-9)19(23-14(2)32-35-15(23)3)11-20(18)30-26(24)29-16(4)28-21;1-7-14(8(2)24-22-7)11-5-12-10(6-13(11)23-4)15-16(18)19-9(3)20-17(15)21-12;1-6-7(10)8(9(2,3)4)12(5)11-6;;;1-3-5-7-9-11-13-12-10-8-6-4-2/h11-12H,10H2,1-9H3,(H,28,29,30);5-6H,1-4H3,(H,19,20,21);10H2,1-5H3;2*1H4;. The number of nitrogens with zero attached hydrogens (tertiary/aromatic N) is 10. The molecule has 466 valence electrons. The van der Waals surface area contributed by atoms with Crippen LogP contribution in [0.25, 0.3) is 66.1 Å². The van der Waals surface area contributed by atoms with E-state index in [1.165, 1.54) is 29.0 Å². The van der Waals surface area contributed by atoms with Crippen molar-refractivity contribution in [3.05, 3.63) is 98.0 Å². The molecule has 0 radical (unpaired) electrons. The van der Waals surface area contributed by atoms with Gasteiger partial charge in [0.15, 0.2) is 0 Å². The molecule has 0 amide bonds. The van der Waals surface area contributed by atoms with Crippen LogP contribution in [0, 0.1) is 55.4 Å². The van der Waals surface area contributed by atoms with E-state index in [1.54, 1.807) is 94.1 Å². The molecule has 10 aromatic rings. The molecule has 0 aliphatic rings. The second-order valence-corrected chi connectivity index (χ2v) is 40.8. The zero-order valence-electron chi connectivity index (χ0n) is 49.4. The van der Waals surface area contributed by atoms with Crippen LogP contribution in [0.2, 0.25) is 5.15 Å². The highest BCUT2D eigenvalue weighted by atomic mass is 35.5. The average molecular weight is 1430 g/mol. The molecule has 0 aliphatic carbocycles. The average Bonchev–Trinajstić information content (AvgIpc) is 3.33. The summed E-state index contributed by atoms with van der Waals surface area (Å²) >= 11 is 15.7. The molecule has 31 heteroatoms. The SMILES string of the molecule is C.C.COc1cc2c(cc1-c1c(C)noc1C)[nH]c1nc(C)nc(Cc3c(C)nn(C)c3C(C)(C)C)c12.COc1cc2c(cc1-c1c(C)noc1C)[nH]c1nc(C)nc(Cl)c12.Cc1nn(C)c(C(C)(C)C)c1N.S=S=S=S=S=S=S=S=S=S=S=S=S. The molecule has 0 spiro atoms. The second kappa shape index (κ2) is 31.4. The lowest BCUT2D eigenvalue weighted by atomic mass is 9.87. The van der Waals surface area contributed by atoms with E-state index in [-0.39, 0.29) is 25.7 Å². The van der Waals surface area contributed by atoms with Gasteiger partial charge in [0.1, 0.15) is 51.1 Å². The number of anilines is 1. The van der Waals surface area contributed by atoms with Crippen LogP contribution >= 0.6 is 11.6 Å². The third-order valence-corrected chi connectivity index (χ3v) is 35.6. The first-order valence-electron chi connectivity index (χ1n) is 25.4. The molecule has 8 aromatic heterocycles. The first kappa shape index (κ1) is 72.3. The van der Waals surface area contributed by atoms with Gasteiger partial charge in [-0.2, -0.15) is 10.2 Å². The lowest BCUT2D eigenvalue weighted by Gasteiger charge is -2.21. The summed E-state index contributed by atoms with van der Waals surface area (Å²) < 4.78 is 26.0. The number of hydrogen-bond donors (Lipinski definition) is 3. The molecule has 0 atom stereocenters. The first-order chi connectivity index (χ1) is 39.7. The molecule has 0 bridgehead atoms. The first-order valence-corrected chi connectivity index (χ1v) is 41.8. The minimum atomic E-state index is -0.0424. The Morgan fingerprint density at radius 3 is 1.36 bits per heavy atom. The van der Waals surface area contributed by atoms with Crippen molar-refractivity contribution < 1.29 is 18.5 Å². The number of fused-ring (bicyclic) bond motifs is 6. The highest BCUT2D eigenvalue weighted by Crippen LogP contribution is 2.43. The number of aryl methyl sites for hydroxylation is 10. The minimum absolute atomic E-state index is 0. The Morgan fingerprint density at radius 2 is 0.977 bits per heavy atom. The summed E-state index contributed by atoms with van der Waals surface area (Å²) in [5, 5.41) is 21.4. The van der Waals surface area contributed by atoms with Crippen molar-refractivity contribution in [2.75, 3.05) is 20.0 Å². The van der Waals surface area contributed by atoms with Crippen LogP contribution in [0.15, 0.2) is 33.3 Å². The topological polar surface area (TPSA) is 215 Å². The van der Waals surface area contributed by atoms with Gasteiger partial charge >= 0.3 is 0 Å². The number of nitrogen functional groups attached to an aromatic ring is 1. The van der Waals surface area contributed by atoms with Crippen LogP contribution in [0.5, 0.6) is 11.5 Å². The van der Waals surface area contributed by atoms with E-state index in [9.17, 15) is 0 Å². The second-order valence-electron chi connectivity index (χ2n) is 21.0. The quantitative estimate of drug-likeness (QED) is 0.132. The van der Waals surface area contributed by atoms with Gasteiger partial charge in [-0.25, -0.2) is 19.9 Å². The van der Waals surface area contributed by atoms with E-state index >= 15 is 0 Å². The number of nitrogens with one attached hydrogen (secondary N) is 2. The van der Waals surface area contributed by atoms with Crippen LogP contribution in [0.4, 0.5) is 5.69 Å². The van der Waals surface area contributed by atoms with Crippen molar-refractivity contribution in [2.24, 2.45) is 14.1 Å². The predicted molar refractivity (Wildman–Crippen MR) is 390 cm³/mol. The number of rotatable bonds is 6. The summed E-state index contributed by atoms with van der Waals surface area (Å²) in [6.45, 7) is 28.5. The molecule has 86 heavy (non-hydrogen) atoms. The Morgan fingerprint density at radius 1 is 0.570 bits per heavy atom. The number of aromatic amines is 2. The van der Waals surface area contributed by atoms with Gasteiger partial charge < -0.3 is 34.2 Å². The summed E-state index contributed by atoms with van der Waals surface area (Å²) in [6, 6.07) is 8.11. The lowest BCUT2D eigenvalue weighted by molar-refractivity contribution is 0.393. The molecule has 2 aromatic carbocycles. The Balaban J connectivity index is 0.000000229. The van der Waals surface area contributed by atoms with Crippen molar-refractivity contribution in [3.63, 3.8) is 0 Å². The van der Waals surface area contributed by atoms with Gasteiger partial charge in [0, 0.05) is 201 Å². The van der Waals surface area contributed by atoms with Gasteiger partial charge in [-0.3, -0.25) is 9.36 Å². The highest BCUT2D eigenvalue weighted by Gasteiger charge is 2.28. The van der Waals surface area contributed by atoms with Crippen molar-refractivity contribution in [1.29, 1.82) is 0 Å². The van der Waals surface area contributed by atoms with Crippen molar-refractivity contribution in [1.82, 2.24) is 59.8 Å². The van der Waals surface area contributed by atoms with Crippen LogP contribution in [0.1, 0.15) is 125 Å². The molecule has 0 aliphatic heterocycles. The smallest absolute Gasteiger partial charge is 0.143 e. The maximum atomic E-state index is 6.33. The van der Waals surface area contributed by atoms with E-state index in [2.05, 4.69) is 95.9 Å². The zero-order chi connectivity index (χ0) is 61.5. The van der Waals surface area contributed by atoms with Crippen LogP contribution in [0.3, 0.4) is 0 Å². The van der Waals surface area contributed by atoms with Crippen LogP contribution in [-0.2, 0) is 151 Å². The summed E-state index contributed by atoms with van der Waals surface area (Å²) in [4.78, 5) is 25.2. The van der Waals surface area contributed by atoms with E-state index in [0.29, 0.717) is 23.0 Å². The molecule has 0 unspecified atom stereocenters. The number of aromatic nitrogens is 12. The van der Waals surface area contributed by atoms with Crippen molar-refractivity contribution in [2.45, 2.75) is 129 Å². The maximum absolute atomic E-state index is 6.33. The normalized spacial score (nSPS) is 11.0. The fraction of sp³-hybridized carbons (Fsp3) is 0.418. The minimum Gasteiger partial charge on any atom is -0.496 e. The maximum Gasteiger partial charge on any atom is 0.143 e.